The largest absolute Gasteiger partial charge is 0.376 e. The van der Waals surface area contributed by atoms with E-state index in [0.717, 1.165) is 12.8 Å². The molecule has 0 saturated heterocycles. The van der Waals surface area contributed by atoms with Crippen molar-refractivity contribution in [2.75, 3.05) is 14.2 Å². The highest BCUT2D eigenvalue weighted by molar-refractivity contribution is 5.24. The Labute approximate surface area is 120 Å². The zero-order valence-electron chi connectivity index (χ0n) is 12.1. The van der Waals surface area contributed by atoms with Gasteiger partial charge in [0.1, 0.15) is 0 Å². The lowest BCUT2D eigenvalue weighted by molar-refractivity contribution is -0.134. The summed E-state index contributed by atoms with van der Waals surface area (Å²) in [6.45, 7) is 0. The van der Waals surface area contributed by atoms with Crippen LogP contribution < -0.4 is 0 Å². The van der Waals surface area contributed by atoms with Gasteiger partial charge in [-0.15, -0.1) is 0 Å². The molecule has 3 rings (SSSR count). The van der Waals surface area contributed by atoms with E-state index in [4.69, 9.17) is 14.2 Å². The van der Waals surface area contributed by atoms with Crippen molar-refractivity contribution in [1.29, 1.82) is 0 Å². The van der Waals surface area contributed by atoms with Crippen LogP contribution in [0.4, 0.5) is 0 Å². The fraction of sp³-hybridized carbons (Fsp3) is 0.529. The van der Waals surface area contributed by atoms with Gasteiger partial charge in [-0.25, -0.2) is 0 Å². The van der Waals surface area contributed by atoms with E-state index >= 15 is 0 Å². The lowest BCUT2D eigenvalue weighted by Crippen LogP contribution is -2.33. The minimum Gasteiger partial charge on any atom is -0.376 e. The molecule has 0 N–H and O–H groups in total. The van der Waals surface area contributed by atoms with E-state index in [0.29, 0.717) is 5.92 Å². The topological polar surface area (TPSA) is 27.7 Å². The maximum absolute atomic E-state index is 6.04. The molecular weight excluding hydrogens is 252 g/mol. The van der Waals surface area contributed by atoms with Crippen LogP contribution in [0.15, 0.2) is 42.0 Å². The first kappa shape index (κ1) is 13.8. The molecule has 1 aromatic carbocycles. The molecule has 1 saturated carbocycles. The Morgan fingerprint density at radius 2 is 2.00 bits per heavy atom. The quantitative estimate of drug-likeness (QED) is 0.787. The standard InChI is InChI=1S/C17H22O3/c1-18-15-11-13-9-6-10-14(17(13)20-15)16(19-2)12-7-4-3-5-8-12/h3-5,7-8,11,14-17H,6,9-10H2,1-2H3. The third-order valence-electron chi connectivity index (χ3n) is 4.39. The van der Waals surface area contributed by atoms with E-state index in [-0.39, 0.29) is 18.5 Å². The summed E-state index contributed by atoms with van der Waals surface area (Å²) in [4.78, 5) is 0. The summed E-state index contributed by atoms with van der Waals surface area (Å²) >= 11 is 0. The van der Waals surface area contributed by atoms with Gasteiger partial charge in [-0.2, -0.15) is 0 Å². The van der Waals surface area contributed by atoms with E-state index in [1.807, 2.05) is 6.07 Å². The number of fused-ring (bicyclic) bond motifs is 1. The van der Waals surface area contributed by atoms with Crippen LogP contribution in [0.2, 0.25) is 0 Å². The summed E-state index contributed by atoms with van der Waals surface area (Å²) in [6.07, 6.45) is 5.61. The Balaban J connectivity index is 1.83. The van der Waals surface area contributed by atoms with Gasteiger partial charge in [0.05, 0.1) is 12.2 Å². The number of hydrogen-bond donors (Lipinski definition) is 0. The van der Waals surface area contributed by atoms with Crippen LogP contribution in [0.1, 0.15) is 30.9 Å². The Hall–Kier alpha value is -1.16. The molecule has 1 fully saturated rings. The van der Waals surface area contributed by atoms with Gasteiger partial charge in [-0.05, 0) is 36.5 Å². The molecular formula is C17H22O3. The van der Waals surface area contributed by atoms with Crippen molar-refractivity contribution < 1.29 is 14.2 Å². The lowest BCUT2D eigenvalue weighted by atomic mass is 9.78. The van der Waals surface area contributed by atoms with E-state index in [9.17, 15) is 0 Å². The van der Waals surface area contributed by atoms with Gasteiger partial charge in [0.15, 0.2) is 6.29 Å². The molecule has 1 aliphatic heterocycles. The second-order valence-electron chi connectivity index (χ2n) is 5.53. The smallest absolute Gasteiger partial charge is 0.177 e. The molecule has 0 bridgehead atoms. The molecule has 3 heteroatoms. The monoisotopic (exact) mass is 274 g/mol. The fourth-order valence-corrected chi connectivity index (χ4v) is 3.47. The second-order valence-corrected chi connectivity index (χ2v) is 5.53. The second kappa shape index (κ2) is 6.08. The average Bonchev–Trinajstić information content (AvgIpc) is 2.93. The van der Waals surface area contributed by atoms with Crippen LogP contribution in [0, 0.1) is 5.92 Å². The van der Waals surface area contributed by atoms with Crippen molar-refractivity contribution in [3.05, 3.63) is 47.5 Å². The maximum atomic E-state index is 6.04. The van der Waals surface area contributed by atoms with Crippen molar-refractivity contribution in [2.24, 2.45) is 5.92 Å². The van der Waals surface area contributed by atoms with Gasteiger partial charge in [0.2, 0.25) is 0 Å². The summed E-state index contributed by atoms with van der Waals surface area (Å²) < 4.78 is 17.2. The molecule has 1 heterocycles. The molecule has 20 heavy (non-hydrogen) atoms. The van der Waals surface area contributed by atoms with Crippen LogP contribution >= 0.6 is 0 Å². The van der Waals surface area contributed by atoms with Crippen molar-refractivity contribution in [3.8, 4) is 0 Å². The Morgan fingerprint density at radius 1 is 1.20 bits per heavy atom. The van der Waals surface area contributed by atoms with Gasteiger partial charge in [-0.1, -0.05) is 30.3 Å². The van der Waals surface area contributed by atoms with Crippen molar-refractivity contribution in [1.82, 2.24) is 0 Å². The minimum absolute atomic E-state index is 0.0838. The van der Waals surface area contributed by atoms with Crippen LogP contribution in [0.5, 0.6) is 0 Å². The Morgan fingerprint density at radius 3 is 2.70 bits per heavy atom. The normalized spacial score (nSPS) is 30.7. The summed E-state index contributed by atoms with van der Waals surface area (Å²) in [6, 6.07) is 10.4. The highest BCUT2D eigenvalue weighted by Crippen LogP contribution is 2.43. The Kier molecular flexibility index (Phi) is 4.20. The zero-order valence-corrected chi connectivity index (χ0v) is 12.1. The van der Waals surface area contributed by atoms with Crippen molar-refractivity contribution >= 4 is 0 Å². The molecule has 0 aromatic heterocycles. The van der Waals surface area contributed by atoms with Crippen molar-refractivity contribution in [3.63, 3.8) is 0 Å². The number of benzene rings is 1. The van der Waals surface area contributed by atoms with E-state index in [2.05, 4.69) is 30.3 Å². The SMILES string of the molecule is COC1C=C2CCCC(C(OC)c3ccccc3)C2O1. The molecule has 2 aliphatic rings. The molecule has 4 unspecified atom stereocenters. The van der Waals surface area contributed by atoms with Crippen LogP contribution in [0.25, 0.3) is 0 Å². The highest BCUT2D eigenvalue weighted by Gasteiger charge is 2.40. The number of ether oxygens (including phenoxy) is 3. The van der Waals surface area contributed by atoms with Crippen molar-refractivity contribution in [2.45, 2.75) is 37.8 Å². The van der Waals surface area contributed by atoms with Crippen LogP contribution in [-0.2, 0) is 14.2 Å². The first-order valence-electron chi connectivity index (χ1n) is 7.30. The molecule has 108 valence electrons. The highest BCUT2D eigenvalue weighted by atomic mass is 16.7. The molecule has 0 amide bonds. The third-order valence-corrected chi connectivity index (χ3v) is 4.39. The van der Waals surface area contributed by atoms with Gasteiger partial charge in [0, 0.05) is 20.1 Å². The van der Waals surface area contributed by atoms with E-state index < -0.39 is 0 Å². The summed E-state index contributed by atoms with van der Waals surface area (Å²) in [7, 11) is 3.48. The number of rotatable bonds is 4. The van der Waals surface area contributed by atoms with Crippen LogP contribution in [-0.4, -0.2) is 26.6 Å². The summed E-state index contributed by atoms with van der Waals surface area (Å²) in [5.41, 5.74) is 2.61. The van der Waals surface area contributed by atoms with E-state index in [1.54, 1.807) is 14.2 Å². The predicted octanol–water partition coefficient (Wildman–Crippen LogP) is 3.47. The molecule has 4 atom stereocenters. The molecule has 1 aliphatic carbocycles. The number of methoxy groups -OCH3 is 2. The lowest BCUT2D eigenvalue weighted by Gasteiger charge is -2.35. The summed E-state index contributed by atoms with van der Waals surface area (Å²) in [5.74, 6) is 0.363. The fourth-order valence-electron chi connectivity index (χ4n) is 3.47. The van der Waals surface area contributed by atoms with E-state index in [1.165, 1.54) is 17.6 Å². The number of hydrogen-bond acceptors (Lipinski definition) is 3. The Bertz CT molecular complexity index is 468. The van der Waals surface area contributed by atoms with Gasteiger partial charge in [-0.3, -0.25) is 0 Å². The molecule has 3 nitrogen and oxygen atoms in total. The first-order valence-corrected chi connectivity index (χ1v) is 7.30. The molecule has 0 spiro atoms. The molecule has 1 aromatic rings. The van der Waals surface area contributed by atoms with Gasteiger partial charge < -0.3 is 14.2 Å². The maximum Gasteiger partial charge on any atom is 0.177 e. The third kappa shape index (κ3) is 2.53. The molecule has 0 radical (unpaired) electrons. The predicted molar refractivity (Wildman–Crippen MR) is 77.3 cm³/mol. The van der Waals surface area contributed by atoms with Gasteiger partial charge >= 0.3 is 0 Å². The zero-order chi connectivity index (χ0) is 13.9. The van der Waals surface area contributed by atoms with Crippen LogP contribution in [0.3, 0.4) is 0 Å². The van der Waals surface area contributed by atoms with Gasteiger partial charge in [0.25, 0.3) is 0 Å². The first-order chi connectivity index (χ1) is 9.83. The average molecular weight is 274 g/mol. The minimum atomic E-state index is -0.191. The summed E-state index contributed by atoms with van der Waals surface area (Å²) in [5, 5.41) is 0.